The summed E-state index contributed by atoms with van der Waals surface area (Å²) < 4.78 is 1.55. The first-order valence-corrected chi connectivity index (χ1v) is 8.90. The van der Waals surface area contributed by atoms with Crippen LogP contribution >= 0.6 is 0 Å². The van der Waals surface area contributed by atoms with Gasteiger partial charge in [0.2, 0.25) is 11.8 Å². The average Bonchev–Trinajstić information content (AvgIpc) is 2.94. The van der Waals surface area contributed by atoms with Crippen molar-refractivity contribution in [3.8, 4) is 23.5 Å². The lowest BCUT2D eigenvalue weighted by Gasteiger charge is -2.43. The van der Waals surface area contributed by atoms with Crippen LogP contribution in [0.1, 0.15) is 41.5 Å². The topological polar surface area (TPSA) is 72.4 Å². The Bertz CT molecular complexity index is 1090. The van der Waals surface area contributed by atoms with Crippen LogP contribution in [0.5, 0.6) is 11.8 Å². The van der Waals surface area contributed by atoms with Crippen LogP contribution in [0, 0.1) is 11.3 Å². The first-order chi connectivity index (χ1) is 12.6. The van der Waals surface area contributed by atoms with Crippen LogP contribution in [0.4, 0.5) is 0 Å². The second-order valence-corrected chi connectivity index (χ2v) is 7.33. The highest BCUT2D eigenvalue weighted by Gasteiger charge is 2.43. The molecular weight excluding hydrogens is 326 g/mol. The highest BCUT2D eigenvalue weighted by molar-refractivity contribution is 5.95. The van der Waals surface area contributed by atoms with E-state index in [1.165, 1.54) is 0 Å². The number of nitrogens with zero attached hydrogens (tertiary/aromatic N) is 3. The minimum absolute atomic E-state index is 0.119. The van der Waals surface area contributed by atoms with Crippen molar-refractivity contribution >= 4 is 10.8 Å². The molecular formula is C21H19N3O2. The molecule has 6 rings (SSSR count). The molecule has 2 bridgehead atoms. The number of rotatable bonds is 1. The smallest absolute Gasteiger partial charge is 0.203 e. The van der Waals surface area contributed by atoms with E-state index in [9.17, 15) is 15.5 Å². The van der Waals surface area contributed by atoms with Crippen LogP contribution in [0.15, 0.2) is 36.4 Å². The van der Waals surface area contributed by atoms with E-state index in [0.29, 0.717) is 11.3 Å². The van der Waals surface area contributed by atoms with E-state index >= 15 is 0 Å². The Hall–Kier alpha value is -2.97. The van der Waals surface area contributed by atoms with Gasteiger partial charge in [-0.05, 0) is 32.0 Å². The summed E-state index contributed by atoms with van der Waals surface area (Å²) in [6.45, 7) is 0.906. The van der Waals surface area contributed by atoms with Crippen LogP contribution in [-0.2, 0) is 0 Å². The van der Waals surface area contributed by atoms with Crippen LogP contribution in [0.25, 0.3) is 16.5 Å². The van der Waals surface area contributed by atoms with Crippen LogP contribution < -0.4 is 0 Å². The maximum Gasteiger partial charge on any atom is 0.203 e. The van der Waals surface area contributed by atoms with Crippen molar-refractivity contribution in [2.45, 2.75) is 24.8 Å². The molecule has 1 fully saturated rings. The van der Waals surface area contributed by atoms with E-state index in [2.05, 4.69) is 18.0 Å². The largest absolute Gasteiger partial charge is 0.494 e. The molecule has 1 saturated heterocycles. The number of hydrogen-bond donors (Lipinski definition) is 2. The van der Waals surface area contributed by atoms with Gasteiger partial charge < -0.3 is 10.2 Å². The van der Waals surface area contributed by atoms with E-state index in [-0.39, 0.29) is 23.7 Å². The lowest BCUT2D eigenvalue weighted by atomic mass is 9.77. The summed E-state index contributed by atoms with van der Waals surface area (Å²) in [7, 11) is 2.07. The Labute approximate surface area is 151 Å². The van der Waals surface area contributed by atoms with Crippen molar-refractivity contribution in [2.24, 2.45) is 0 Å². The molecule has 2 unspecified atom stereocenters. The first kappa shape index (κ1) is 15.3. The molecule has 2 atom stereocenters. The maximum absolute atomic E-state index is 11.0. The number of aromatic hydroxyl groups is 2. The number of likely N-dealkylation sites (N-methyl/N-ethyl adjacent to an activating group) is 1. The second kappa shape index (κ2) is 5.26. The zero-order valence-electron chi connectivity index (χ0n) is 14.5. The molecule has 1 aromatic heterocycles. The predicted molar refractivity (Wildman–Crippen MR) is 98.7 cm³/mol. The summed E-state index contributed by atoms with van der Waals surface area (Å²) in [6, 6.07) is 13.5. The molecule has 2 N–H and O–H groups in total. The number of hydrogen-bond acceptors (Lipinski definition) is 4. The van der Waals surface area contributed by atoms with Crippen molar-refractivity contribution in [1.29, 1.82) is 5.26 Å². The molecule has 0 radical (unpaired) electrons. The van der Waals surface area contributed by atoms with Gasteiger partial charge >= 0.3 is 0 Å². The lowest BCUT2D eigenvalue weighted by molar-refractivity contribution is 0.142. The Balaban J connectivity index is 1.82. The maximum atomic E-state index is 11.0. The minimum atomic E-state index is 0.119. The third-order valence-electron chi connectivity index (χ3n) is 6.03. The number of piperidine rings is 1. The van der Waals surface area contributed by atoms with Gasteiger partial charge in [0.05, 0.1) is 17.3 Å². The van der Waals surface area contributed by atoms with Crippen LogP contribution in [-0.4, -0.2) is 33.3 Å². The Morgan fingerprint density at radius 3 is 2.46 bits per heavy atom. The van der Waals surface area contributed by atoms with Crippen molar-refractivity contribution in [2.75, 3.05) is 13.6 Å². The zero-order valence-corrected chi connectivity index (χ0v) is 14.5. The van der Waals surface area contributed by atoms with Gasteiger partial charge in [-0.15, -0.1) is 0 Å². The Morgan fingerprint density at radius 2 is 1.73 bits per heavy atom. The highest BCUT2D eigenvalue weighted by Crippen LogP contribution is 2.55. The molecule has 2 aromatic carbocycles. The number of aromatic nitrogens is 1. The fraction of sp³-hybridized carbons (Fsp3) is 0.286. The van der Waals surface area contributed by atoms with Crippen LogP contribution in [0.2, 0.25) is 0 Å². The normalized spacial score (nSPS) is 21.7. The molecule has 5 nitrogen and oxygen atoms in total. The first-order valence-electron chi connectivity index (χ1n) is 8.90. The average molecular weight is 345 g/mol. The summed E-state index contributed by atoms with van der Waals surface area (Å²) in [4.78, 5) is 2.26. The van der Waals surface area contributed by atoms with Gasteiger partial charge in [0.15, 0.2) is 0 Å². The quantitative estimate of drug-likeness (QED) is 0.704. The highest BCUT2D eigenvalue weighted by atomic mass is 16.3. The van der Waals surface area contributed by atoms with E-state index in [4.69, 9.17) is 0 Å². The van der Waals surface area contributed by atoms with Crippen molar-refractivity contribution < 1.29 is 10.2 Å². The molecule has 0 saturated carbocycles. The van der Waals surface area contributed by atoms with Gasteiger partial charge in [0.1, 0.15) is 0 Å². The van der Waals surface area contributed by atoms with Crippen LogP contribution in [0.3, 0.4) is 0 Å². The van der Waals surface area contributed by atoms with Crippen molar-refractivity contribution in [1.82, 2.24) is 9.47 Å². The van der Waals surface area contributed by atoms with Gasteiger partial charge in [-0.25, -0.2) is 0 Å². The lowest BCUT2D eigenvalue weighted by Crippen LogP contribution is -2.39. The molecule has 0 amide bonds. The molecule has 3 heterocycles. The third-order valence-corrected chi connectivity index (χ3v) is 6.03. The Morgan fingerprint density at radius 1 is 1.00 bits per heavy atom. The number of nitriles is 1. The van der Waals surface area contributed by atoms with Gasteiger partial charge in [-0.2, -0.15) is 5.26 Å². The summed E-state index contributed by atoms with van der Waals surface area (Å²) in [6.07, 6.45) is 2.03. The molecule has 3 aliphatic rings. The monoisotopic (exact) mass is 345 g/mol. The van der Waals surface area contributed by atoms with E-state index in [0.717, 1.165) is 41.3 Å². The fourth-order valence-corrected chi connectivity index (χ4v) is 4.86. The van der Waals surface area contributed by atoms with E-state index in [1.807, 2.05) is 24.3 Å². The molecule has 5 heteroatoms. The predicted octanol–water partition coefficient (Wildman–Crippen LogP) is 3.78. The third kappa shape index (κ3) is 1.82. The molecule has 130 valence electrons. The molecule has 2 aliphatic heterocycles. The standard InChI is InChI=1S/C21H19N3O2/c1-23-11-13-7-9-17(23)19-18(13)20(25)24(21(19)26)16-8-6-12(10-22)14-4-2-3-5-15(14)16/h2-6,8,13,17,25-26H,7,9,11H2,1H3. The number of fused-ring (bicyclic) bond motifs is 3. The van der Waals surface area contributed by atoms with Crippen molar-refractivity contribution in [3.05, 3.63) is 53.1 Å². The molecule has 1 aliphatic carbocycles. The second-order valence-electron chi connectivity index (χ2n) is 7.33. The van der Waals surface area contributed by atoms with Gasteiger partial charge in [-0.1, -0.05) is 24.3 Å². The summed E-state index contributed by atoms with van der Waals surface area (Å²) in [5.41, 5.74) is 3.04. The van der Waals surface area contributed by atoms with Crippen molar-refractivity contribution in [3.63, 3.8) is 0 Å². The number of benzene rings is 2. The summed E-state index contributed by atoms with van der Waals surface area (Å²) in [5.74, 6) is 0.501. The zero-order chi connectivity index (χ0) is 18.0. The summed E-state index contributed by atoms with van der Waals surface area (Å²) >= 11 is 0. The Kier molecular flexibility index (Phi) is 3.10. The molecule has 26 heavy (non-hydrogen) atoms. The molecule has 3 aromatic rings. The molecule has 0 spiro atoms. The van der Waals surface area contributed by atoms with Gasteiger partial charge in [0.25, 0.3) is 0 Å². The minimum Gasteiger partial charge on any atom is -0.494 e. The van der Waals surface area contributed by atoms with E-state index < -0.39 is 0 Å². The summed E-state index contributed by atoms with van der Waals surface area (Å²) in [5, 5.41) is 33.1. The fourth-order valence-electron chi connectivity index (χ4n) is 4.86. The van der Waals surface area contributed by atoms with Gasteiger partial charge in [0, 0.05) is 40.4 Å². The van der Waals surface area contributed by atoms with Gasteiger partial charge in [-0.3, -0.25) is 9.47 Å². The SMILES string of the molecule is CN1CC2CCC1c1c2c(O)n(-c2ccc(C#N)c3ccccc23)c1O. The van der Waals surface area contributed by atoms with E-state index in [1.54, 1.807) is 16.7 Å².